The van der Waals surface area contributed by atoms with Crippen molar-refractivity contribution in [3.05, 3.63) is 0 Å². The summed E-state index contributed by atoms with van der Waals surface area (Å²) in [5.41, 5.74) is 14.0. The van der Waals surface area contributed by atoms with Crippen LogP contribution in [0.25, 0.3) is 0 Å². The Kier molecular flexibility index (Phi) is 2.13. The van der Waals surface area contributed by atoms with Gasteiger partial charge in [0.05, 0.1) is 5.66 Å². The average molecular weight is 133 g/mol. The lowest BCUT2D eigenvalue weighted by molar-refractivity contribution is -0.140. The van der Waals surface area contributed by atoms with Crippen molar-refractivity contribution >= 4 is 5.97 Å². The highest BCUT2D eigenvalue weighted by Gasteiger charge is 2.27. The molecule has 0 saturated carbocycles. The Morgan fingerprint density at radius 2 is 2.00 bits per heavy atom. The maximum atomic E-state index is 10.1. The van der Waals surface area contributed by atoms with Crippen molar-refractivity contribution < 1.29 is 9.90 Å². The van der Waals surface area contributed by atoms with Crippen LogP contribution in [0.15, 0.2) is 0 Å². The second kappa shape index (κ2) is 2.30. The van der Waals surface area contributed by atoms with E-state index in [-0.39, 0.29) is 0 Å². The number of aliphatic carboxylic acids is 1. The Bertz CT molecular complexity index is 117. The molecule has 5 heteroatoms. The Balaban J connectivity index is 4.04. The molecule has 5 nitrogen and oxygen atoms in total. The Labute approximate surface area is 52.8 Å². The van der Waals surface area contributed by atoms with Gasteiger partial charge in [-0.05, 0) is 6.92 Å². The molecule has 0 aliphatic carbocycles. The van der Waals surface area contributed by atoms with Gasteiger partial charge in [-0.15, -0.1) is 0 Å². The minimum absolute atomic E-state index is 1.19. The van der Waals surface area contributed by atoms with Gasteiger partial charge in [0.1, 0.15) is 6.04 Å². The summed E-state index contributed by atoms with van der Waals surface area (Å²) < 4.78 is 0. The van der Waals surface area contributed by atoms with Crippen LogP contribution in [0.3, 0.4) is 0 Å². The van der Waals surface area contributed by atoms with Crippen molar-refractivity contribution in [1.29, 1.82) is 0 Å². The molecule has 0 aromatic rings. The molecule has 0 aromatic carbocycles. The van der Waals surface area contributed by atoms with Gasteiger partial charge in [0.2, 0.25) is 0 Å². The van der Waals surface area contributed by atoms with Crippen LogP contribution in [0.1, 0.15) is 6.92 Å². The molecular formula is C4H11N3O2. The van der Waals surface area contributed by atoms with Crippen molar-refractivity contribution in [2.75, 3.05) is 0 Å². The maximum Gasteiger partial charge on any atom is 0.323 e. The van der Waals surface area contributed by atoms with Crippen molar-refractivity contribution in [3.63, 3.8) is 0 Å². The van der Waals surface area contributed by atoms with Crippen LogP contribution in [0.2, 0.25) is 0 Å². The molecule has 0 heterocycles. The molecule has 0 aromatic heterocycles. The minimum atomic E-state index is -1.34. The van der Waals surface area contributed by atoms with E-state index in [0.717, 1.165) is 0 Å². The SMILES string of the molecule is CC(N)(N)C(N)C(=O)O. The third kappa shape index (κ3) is 2.41. The van der Waals surface area contributed by atoms with Gasteiger partial charge in [0, 0.05) is 0 Å². The molecule has 54 valence electrons. The van der Waals surface area contributed by atoms with E-state index >= 15 is 0 Å². The lowest BCUT2D eigenvalue weighted by Gasteiger charge is -2.22. The first kappa shape index (κ1) is 8.35. The first-order valence-electron chi connectivity index (χ1n) is 2.42. The van der Waals surface area contributed by atoms with Gasteiger partial charge >= 0.3 is 5.97 Å². The number of hydrogen-bond donors (Lipinski definition) is 4. The molecule has 0 fully saturated rings. The Hall–Kier alpha value is -0.650. The van der Waals surface area contributed by atoms with E-state index in [1.807, 2.05) is 0 Å². The highest BCUT2D eigenvalue weighted by molar-refractivity contribution is 5.74. The zero-order chi connectivity index (χ0) is 7.65. The van der Waals surface area contributed by atoms with Crippen LogP contribution in [0.4, 0.5) is 0 Å². The third-order valence-electron chi connectivity index (χ3n) is 0.936. The van der Waals surface area contributed by atoms with Gasteiger partial charge in [-0.1, -0.05) is 0 Å². The van der Waals surface area contributed by atoms with Gasteiger partial charge in [-0.25, -0.2) is 0 Å². The molecule has 1 unspecified atom stereocenters. The number of carbonyl (C=O) groups is 1. The molecule has 0 saturated heterocycles. The first-order chi connectivity index (χ1) is 3.85. The van der Waals surface area contributed by atoms with E-state index in [2.05, 4.69) is 0 Å². The standard InChI is InChI=1S/C4H11N3O2/c1-4(6,7)2(5)3(8)9/h2H,5-7H2,1H3,(H,8,9). The maximum absolute atomic E-state index is 10.1. The second-order valence-corrected chi connectivity index (χ2v) is 2.18. The molecular weight excluding hydrogens is 122 g/mol. The van der Waals surface area contributed by atoms with E-state index in [0.29, 0.717) is 0 Å². The van der Waals surface area contributed by atoms with Crippen LogP contribution in [-0.4, -0.2) is 22.8 Å². The molecule has 0 bridgehead atoms. The van der Waals surface area contributed by atoms with Crippen LogP contribution in [0.5, 0.6) is 0 Å². The number of rotatable bonds is 2. The fraction of sp³-hybridized carbons (Fsp3) is 0.750. The summed E-state index contributed by atoms with van der Waals surface area (Å²) in [6.07, 6.45) is 0. The zero-order valence-corrected chi connectivity index (χ0v) is 5.16. The second-order valence-electron chi connectivity index (χ2n) is 2.18. The highest BCUT2D eigenvalue weighted by atomic mass is 16.4. The summed E-state index contributed by atoms with van der Waals surface area (Å²) in [6, 6.07) is -1.21. The quantitative estimate of drug-likeness (QED) is 0.326. The van der Waals surface area contributed by atoms with Crippen molar-refractivity contribution in [2.24, 2.45) is 17.2 Å². The van der Waals surface area contributed by atoms with Crippen LogP contribution >= 0.6 is 0 Å². The predicted molar refractivity (Wildman–Crippen MR) is 32.4 cm³/mol. The highest BCUT2D eigenvalue weighted by Crippen LogP contribution is 1.93. The Morgan fingerprint density at radius 3 is 2.00 bits per heavy atom. The van der Waals surface area contributed by atoms with E-state index < -0.39 is 17.7 Å². The van der Waals surface area contributed by atoms with E-state index in [1.165, 1.54) is 6.92 Å². The lowest BCUT2D eigenvalue weighted by atomic mass is 10.1. The summed E-state index contributed by atoms with van der Waals surface area (Å²) in [7, 11) is 0. The summed E-state index contributed by atoms with van der Waals surface area (Å²) in [5, 5.41) is 8.23. The van der Waals surface area contributed by atoms with Crippen molar-refractivity contribution in [3.8, 4) is 0 Å². The van der Waals surface area contributed by atoms with Gasteiger partial charge in [-0.3, -0.25) is 4.79 Å². The van der Waals surface area contributed by atoms with Gasteiger partial charge in [0.25, 0.3) is 0 Å². The molecule has 0 aliphatic heterocycles. The molecule has 7 N–H and O–H groups in total. The van der Waals surface area contributed by atoms with Crippen molar-refractivity contribution in [2.45, 2.75) is 18.6 Å². The fourth-order valence-electron chi connectivity index (χ4n) is 0.266. The zero-order valence-electron chi connectivity index (χ0n) is 5.16. The molecule has 0 radical (unpaired) electrons. The summed E-state index contributed by atoms with van der Waals surface area (Å²) in [5.74, 6) is -1.19. The molecule has 0 amide bonds. The normalized spacial score (nSPS) is 15.1. The monoisotopic (exact) mass is 133 g/mol. The largest absolute Gasteiger partial charge is 0.480 e. The number of nitrogens with two attached hydrogens (primary N) is 3. The third-order valence-corrected chi connectivity index (χ3v) is 0.936. The average Bonchev–Trinajstić information content (AvgIpc) is 1.62. The van der Waals surface area contributed by atoms with Gasteiger partial charge < -0.3 is 22.3 Å². The minimum Gasteiger partial charge on any atom is -0.480 e. The molecule has 0 aliphatic rings. The molecule has 1 atom stereocenters. The summed E-state index contributed by atoms with van der Waals surface area (Å²) >= 11 is 0. The van der Waals surface area contributed by atoms with E-state index in [4.69, 9.17) is 22.3 Å². The molecule has 0 rings (SSSR count). The number of carboxylic acid groups (broad SMARTS) is 1. The predicted octanol–water partition coefficient (Wildman–Crippen LogP) is -1.97. The fourth-order valence-corrected chi connectivity index (χ4v) is 0.266. The number of hydrogen-bond acceptors (Lipinski definition) is 4. The first-order valence-corrected chi connectivity index (χ1v) is 2.42. The Morgan fingerprint density at radius 1 is 1.67 bits per heavy atom. The topological polar surface area (TPSA) is 115 Å². The van der Waals surface area contributed by atoms with Crippen LogP contribution in [0, 0.1) is 0 Å². The molecule has 9 heavy (non-hydrogen) atoms. The van der Waals surface area contributed by atoms with Crippen LogP contribution < -0.4 is 17.2 Å². The number of carboxylic acids is 1. The van der Waals surface area contributed by atoms with E-state index in [9.17, 15) is 4.79 Å². The lowest BCUT2D eigenvalue weighted by Crippen LogP contribution is -2.63. The summed E-state index contributed by atoms with van der Waals surface area (Å²) in [6.45, 7) is 1.35. The van der Waals surface area contributed by atoms with E-state index in [1.54, 1.807) is 0 Å². The summed E-state index contributed by atoms with van der Waals surface area (Å²) in [4.78, 5) is 10.1. The smallest absolute Gasteiger partial charge is 0.323 e. The van der Waals surface area contributed by atoms with Crippen LogP contribution in [-0.2, 0) is 4.79 Å². The molecule has 0 spiro atoms. The van der Waals surface area contributed by atoms with Gasteiger partial charge in [0.15, 0.2) is 0 Å². The van der Waals surface area contributed by atoms with Gasteiger partial charge in [-0.2, -0.15) is 0 Å². The van der Waals surface area contributed by atoms with Crippen molar-refractivity contribution in [1.82, 2.24) is 0 Å².